The summed E-state index contributed by atoms with van der Waals surface area (Å²) in [5, 5.41) is 0. The van der Waals surface area contributed by atoms with Crippen LogP contribution in [0.2, 0.25) is 0 Å². The molecule has 1 aliphatic rings. The number of hydrogen-bond acceptors (Lipinski definition) is 7. The molecule has 1 fully saturated rings. The highest BCUT2D eigenvalue weighted by molar-refractivity contribution is 7.89. The quantitative estimate of drug-likeness (QED) is 0.406. The van der Waals surface area contributed by atoms with Gasteiger partial charge < -0.3 is 14.4 Å². The summed E-state index contributed by atoms with van der Waals surface area (Å²) in [4.78, 5) is 12.1. The summed E-state index contributed by atoms with van der Waals surface area (Å²) in [6.45, 7) is 1.66. The van der Waals surface area contributed by atoms with Crippen LogP contribution in [0.25, 0.3) is 22.3 Å². The van der Waals surface area contributed by atoms with Gasteiger partial charge in [0.25, 0.3) is 0 Å². The predicted molar refractivity (Wildman–Crippen MR) is 135 cm³/mol. The van der Waals surface area contributed by atoms with E-state index in [1.54, 1.807) is 12.1 Å². The van der Waals surface area contributed by atoms with Gasteiger partial charge in [-0.15, -0.1) is 0 Å². The molecule has 2 heterocycles. The Bertz CT molecular complexity index is 1450. The summed E-state index contributed by atoms with van der Waals surface area (Å²) in [5.41, 5.74) is 3.40. The number of benzene rings is 3. The van der Waals surface area contributed by atoms with E-state index in [2.05, 4.69) is 4.90 Å². The van der Waals surface area contributed by atoms with Crippen LogP contribution in [0.5, 0.6) is 11.5 Å². The van der Waals surface area contributed by atoms with Gasteiger partial charge in [0.1, 0.15) is 5.69 Å². The zero-order chi connectivity index (χ0) is 24.4. The third-order valence-corrected chi connectivity index (χ3v) is 8.02. The molecule has 4 aromatic rings. The Kier molecular flexibility index (Phi) is 6.27. The smallest absolute Gasteiger partial charge is 0.243 e. The van der Waals surface area contributed by atoms with Crippen LogP contribution in [-0.4, -0.2) is 63.1 Å². The van der Waals surface area contributed by atoms with Gasteiger partial charge in [0.2, 0.25) is 10.0 Å². The molecule has 0 saturated carbocycles. The molecule has 0 radical (unpaired) electrons. The van der Waals surface area contributed by atoms with E-state index < -0.39 is 10.0 Å². The third-order valence-electron chi connectivity index (χ3n) is 6.13. The van der Waals surface area contributed by atoms with E-state index in [1.165, 1.54) is 24.6 Å². The van der Waals surface area contributed by atoms with Crippen LogP contribution in [0.1, 0.15) is 0 Å². The zero-order valence-corrected chi connectivity index (χ0v) is 20.4. The van der Waals surface area contributed by atoms with Gasteiger partial charge >= 0.3 is 0 Å². The van der Waals surface area contributed by atoms with Gasteiger partial charge in [0, 0.05) is 37.8 Å². The van der Waals surface area contributed by atoms with E-state index in [-0.39, 0.29) is 4.90 Å². The molecule has 0 N–H and O–H groups in total. The first-order valence-corrected chi connectivity index (χ1v) is 12.7. The van der Waals surface area contributed by atoms with E-state index in [9.17, 15) is 8.42 Å². The number of sulfonamides is 1. The maximum Gasteiger partial charge on any atom is 0.243 e. The maximum absolute atomic E-state index is 13.3. The second kappa shape index (κ2) is 9.52. The summed E-state index contributed by atoms with van der Waals surface area (Å²) in [5.74, 6) is 1.63. The van der Waals surface area contributed by atoms with Gasteiger partial charge in [-0.25, -0.2) is 18.4 Å². The fourth-order valence-electron chi connectivity index (χ4n) is 4.27. The Morgan fingerprint density at radius 3 is 2.03 bits per heavy atom. The van der Waals surface area contributed by atoms with E-state index in [1.807, 2.05) is 54.6 Å². The fraction of sp³-hybridized carbons (Fsp3) is 0.231. The lowest BCUT2D eigenvalue weighted by atomic mass is 10.1. The Morgan fingerprint density at radius 1 is 0.743 bits per heavy atom. The van der Waals surface area contributed by atoms with Crippen molar-refractivity contribution in [1.29, 1.82) is 0 Å². The number of ether oxygens (including phenoxy) is 2. The van der Waals surface area contributed by atoms with Crippen molar-refractivity contribution in [3.05, 3.63) is 72.8 Å². The van der Waals surface area contributed by atoms with Crippen LogP contribution in [0.4, 0.5) is 5.82 Å². The summed E-state index contributed by atoms with van der Waals surface area (Å²) < 4.78 is 38.7. The first kappa shape index (κ1) is 23.1. The SMILES string of the molecule is COc1ccc(S(=O)(=O)N2CCN(c3nc4ccccc4nc3-c3ccccc3)CC2)cc1OC. The lowest BCUT2D eigenvalue weighted by molar-refractivity contribution is 0.353. The summed E-state index contributed by atoms with van der Waals surface area (Å²) in [6.07, 6.45) is 0. The van der Waals surface area contributed by atoms with Crippen molar-refractivity contribution < 1.29 is 17.9 Å². The highest BCUT2D eigenvalue weighted by Gasteiger charge is 2.31. The molecule has 1 saturated heterocycles. The average molecular weight is 491 g/mol. The van der Waals surface area contributed by atoms with Crippen molar-refractivity contribution in [2.75, 3.05) is 45.3 Å². The molecular weight excluding hydrogens is 464 g/mol. The molecule has 180 valence electrons. The van der Waals surface area contributed by atoms with Crippen molar-refractivity contribution >= 4 is 26.9 Å². The molecule has 0 unspecified atom stereocenters. The van der Waals surface area contributed by atoms with Crippen molar-refractivity contribution in [3.8, 4) is 22.8 Å². The lowest BCUT2D eigenvalue weighted by Gasteiger charge is -2.35. The van der Waals surface area contributed by atoms with E-state index in [0.29, 0.717) is 37.7 Å². The first-order chi connectivity index (χ1) is 17.0. The van der Waals surface area contributed by atoms with Crippen molar-refractivity contribution in [2.24, 2.45) is 0 Å². The topological polar surface area (TPSA) is 84.9 Å². The van der Waals surface area contributed by atoms with Crippen LogP contribution in [-0.2, 0) is 10.0 Å². The molecule has 1 aliphatic heterocycles. The average Bonchev–Trinajstić information content (AvgIpc) is 2.92. The highest BCUT2D eigenvalue weighted by Crippen LogP contribution is 2.33. The number of fused-ring (bicyclic) bond motifs is 1. The summed E-state index contributed by atoms with van der Waals surface area (Å²) in [6, 6.07) is 22.4. The number of anilines is 1. The predicted octanol–water partition coefficient (Wildman–Crippen LogP) is 3.82. The maximum atomic E-state index is 13.3. The molecule has 0 bridgehead atoms. The van der Waals surface area contributed by atoms with E-state index in [4.69, 9.17) is 19.4 Å². The normalized spacial score (nSPS) is 14.7. The molecular formula is C26H26N4O4S. The van der Waals surface area contributed by atoms with Crippen LogP contribution in [0.15, 0.2) is 77.7 Å². The number of para-hydroxylation sites is 2. The molecule has 3 aromatic carbocycles. The van der Waals surface area contributed by atoms with Gasteiger partial charge in [-0.1, -0.05) is 42.5 Å². The molecule has 0 amide bonds. The lowest BCUT2D eigenvalue weighted by Crippen LogP contribution is -2.49. The zero-order valence-electron chi connectivity index (χ0n) is 19.6. The van der Waals surface area contributed by atoms with Gasteiger partial charge in [0.15, 0.2) is 17.3 Å². The number of rotatable bonds is 6. The molecule has 1 aromatic heterocycles. The number of methoxy groups -OCH3 is 2. The minimum atomic E-state index is -3.69. The highest BCUT2D eigenvalue weighted by atomic mass is 32.2. The van der Waals surface area contributed by atoms with E-state index >= 15 is 0 Å². The Hall–Kier alpha value is -3.69. The summed E-state index contributed by atoms with van der Waals surface area (Å²) in [7, 11) is -0.681. The summed E-state index contributed by atoms with van der Waals surface area (Å²) >= 11 is 0. The van der Waals surface area contributed by atoms with Crippen molar-refractivity contribution in [3.63, 3.8) is 0 Å². The molecule has 5 rings (SSSR count). The second-order valence-corrected chi connectivity index (χ2v) is 10.1. The van der Waals surface area contributed by atoms with Gasteiger partial charge in [-0.2, -0.15) is 4.31 Å². The first-order valence-electron chi connectivity index (χ1n) is 11.3. The third kappa shape index (κ3) is 4.40. The van der Waals surface area contributed by atoms with Crippen LogP contribution in [0.3, 0.4) is 0 Å². The fourth-order valence-corrected chi connectivity index (χ4v) is 5.71. The number of nitrogens with zero attached hydrogens (tertiary/aromatic N) is 4. The number of hydrogen-bond donors (Lipinski definition) is 0. The van der Waals surface area contributed by atoms with E-state index in [0.717, 1.165) is 28.1 Å². The van der Waals surface area contributed by atoms with Crippen LogP contribution in [0, 0.1) is 0 Å². The molecule has 0 atom stereocenters. The number of piperazine rings is 1. The molecule has 9 heteroatoms. The molecule has 35 heavy (non-hydrogen) atoms. The number of aromatic nitrogens is 2. The Labute approximate surface area is 204 Å². The van der Waals surface area contributed by atoms with Crippen molar-refractivity contribution in [1.82, 2.24) is 14.3 Å². The standard InChI is InChI=1S/C26H26N4O4S/c1-33-23-13-12-20(18-24(23)34-2)35(31,32)30-16-14-29(15-17-30)26-25(19-8-4-3-5-9-19)27-21-10-6-7-11-22(21)28-26/h3-13,18H,14-17H2,1-2H3. The minimum absolute atomic E-state index is 0.180. The van der Waals surface area contributed by atoms with Gasteiger partial charge in [-0.3, -0.25) is 0 Å². The van der Waals surface area contributed by atoms with Gasteiger partial charge in [0.05, 0.1) is 30.1 Å². The second-order valence-electron chi connectivity index (χ2n) is 8.16. The van der Waals surface area contributed by atoms with Crippen LogP contribution < -0.4 is 14.4 Å². The molecule has 0 aliphatic carbocycles. The molecule has 8 nitrogen and oxygen atoms in total. The van der Waals surface area contributed by atoms with Gasteiger partial charge in [-0.05, 0) is 24.3 Å². The Balaban J connectivity index is 1.43. The Morgan fingerprint density at radius 2 is 1.37 bits per heavy atom. The molecule has 0 spiro atoms. The minimum Gasteiger partial charge on any atom is -0.493 e. The monoisotopic (exact) mass is 490 g/mol. The largest absolute Gasteiger partial charge is 0.493 e. The van der Waals surface area contributed by atoms with Crippen molar-refractivity contribution in [2.45, 2.75) is 4.90 Å². The van der Waals surface area contributed by atoms with Crippen LogP contribution >= 0.6 is 0 Å².